The topological polar surface area (TPSA) is 41.6 Å². The first-order valence-electron chi connectivity index (χ1n) is 7.17. The van der Waals surface area contributed by atoms with Crippen LogP contribution in [0, 0.1) is 0 Å². The predicted molar refractivity (Wildman–Crippen MR) is 85.5 cm³/mol. The van der Waals surface area contributed by atoms with Gasteiger partial charge in [0.25, 0.3) is 5.91 Å². The molecule has 0 unspecified atom stereocenters. The smallest absolute Gasteiger partial charge is 0.253 e. The maximum Gasteiger partial charge on any atom is 0.253 e. The molecule has 1 atom stereocenters. The minimum absolute atomic E-state index is 0.0523. The summed E-state index contributed by atoms with van der Waals surface area (Å²) in [7, 11) is 1.65. The van der Waals surface area contributed by atoms with Gasteiger partial charge in [-0.15, -0.1) is 11.3 Å². The summed E-state index contributed by atoms with van der Waals surface area (Å²) in [5.41, 5.74) is -0.746. The Morgan fingerprint density at radius 3 is 3.05 bits per heavy atom. The number of thiophene rings is 1. The first-order chi connectivity index (χ1) is 10.1. The van der Waals surface area contributed by atoms with Gasteiger partial charge in [-0.05, 0) is 24.4 Å². The number of carbonyl (C=O) groups is 1. The number of ether oxygens (including phenoxy) is 1. The van der Waals surface area contributed by atoms with Gasteiger partial charge in [-0.3, -0.25) is 9.69 Å². The highest BCUT2D eigenvalue weighted by Gasteiger charge is 2.38. The van der Waals surface area contributed by atoms with E-state index in [2.05, 4.69) is 40.5 Å². The summed E-state index contributed by atoms with van der Waals surface area (Å²) in [6.45, 7) is 4.81. The third-order valence-electron chi connectivity index (χ3n) is 3.92. The fourth-order valence-electron chi connectivity index (χ4n) is 2.82. The molecule has 0 saturated carbocycles. The number of nitrogens with one attached hydrogen (secondary N) is 1. The van der Waals surface area contributed by atoms with Crippen molar-refractivity contribution in [3.05, 3.63) is 35.2 Å². The molecule has 0 bridgehead atoms. The van der Waals surface area contributed by atoms with Crippen LogP contribution in [0.15, 0.2) is 30.3 Å². The van der Waals surface area contributed by atoms with E-state index in [-0.39, 0.29) is 5.91 Å². The van der Waals surface area contributed by atoms with E-state index in [9.17, 15) is 4.79 Å². The van der Waals surface area contributed by atoms with Crippen molar-refractivity contribution in [2.75, 3.05) is 26.7 Å². The molecule has 3 rings (SSSR count). The zero-order valence-corrected chi connectivity index (χ0v) is 13.2. The second-order valence-corrected chi connectivity index (χ2v) is 6.79. The molecule has 0 spiro atoms. The fourth-order valence-corrected chi connectivity index (χ4v) is 3.93. The SMILES string of the molecule is CNC(=O)[C@]1(C)CN(Cc2cc3ccccc3s2)CCO1. The predicted octanol–water partition coefficient (Wildman–Crippen LogP) is 2.24. The van der Waals surface area contributed by atoms with Crippen LogP contribution in [0.2, 0.25) is 0 Å². The van der Waals surface area contributed by atoms with Crippen LogP contribution in [-0.2, 0) is 16.1 Å². The Kier molecular flexibility index (Phi) is 3.97. The van der Waals surface area contributed by atoms with Gasteiger partial charge in [-0.2, -0.15) is 0 Å². The van der Waals surface area contributed by atoms with Crippen molar-refractivity contribution in [3.63, 3.8) is 0 Å². The Labute approximate surface area is 128 Å². The van der Waals surface area contributed by atoms with Gasteiger partial charge >= 0.3 is 0 Å². The van der Waals surface area contributed by atoms with E-state index < -0.39 is 5.60 Å². The van der Waals surface area contributed by atoms with E-state index in [1.165, 1.54) is 15.0 Å². The molecule has 1 aromatic heterocycles. The Balaban J connectivity index is 1.73. The van der Waals surface area contributed by atoms with Crippen LogP contribution >= 0.6 is 11.3 Å². The van der Waals surface area contributed by atoms with E-state index >= 15 is 0 Å². The molecule has 4 nitrogen and oxygen atoms in total. The van der Waals surface area contributed by atoms with Gasteiger partial charge in [0.1, 0.15) is 0 Å². The average molecular weight is 304 g/mol. The number of morpholine rings is 1. The molecule has 5 heteroatoms. The summed E-state index contributed by atoms with van der Waals surface area (Å²) in [6.07, 6.45) is 0. The average Bonchev–Trinajstić information content (AvgIpc) is 2.88. The van der Waals surface area contributed by atoms with E-state index in [0.717, 1.165) is 13.1 Å². The largest absolute Gasteiger partial charge is 0.363 e. The molecular weight excluding hydrogens is 284 g/mol. The number of fused-ring (bicyclic) bond motifs is 1. The minimum Gasteiger partial charge on any atom is -0.363 e. The van der Waals surface area contributed by atoms with Crippen LogP contribution in [0.4, 0.5) is 0 Å². The lowest BCUT2D eigenvalue weighted by Crippen LogP contribution is -2.57. The van der Waals surface area contributed by atoms with Crippen molar-refractivity contribution in [1.29, 1.82) is 0 Å². The van der Waals surface area contributed by atoms with E-state index in [1.54, 1.807) is 7.05 Å². The molecule has 2 aromatic rings. The highest BCUT2D eigenvalue weighted by atomic mass is 32.1. The van der Waals surface area contributed by atoms with Crippen molar-refractivity contribution in [3.8, 4) is 0 Å². The third kappa shape index (κ3) is 2.95. The Hall–Kier alpha value is -1.43. The van der Waals surface area contributed by atoms with Crippen molar-refractivity contribution in [2.24, 2.45) is 0 Å². The molecule has 112 valence electrons. The summed E-state index contributed by atoms with van der Waals surface area (Å²) in [5, 5.41) is 3.98. The number of rotatable bonds is 3. The highest BCUT2D eigenvalue weighted by molar-refractivity contribution is 7.19. The van der Waals surface area contributed by atoms with Gasteiger partial charge in [-0.25, -0.2) is 0 Å². The van der Waals surface area contributed by atoms with Gasteiger partial charge in [0, 0.05) is 36.3 Å². The first kappa shape index (κ1) is 14.5. The van der Waals surface area contributed by atoms with Crippen molar-refractivity contribution >= 4 is 27.3 Å². The molecule has 0 radical (unpaired) electrons. The van der Waals surface area contributed by atoms with Crippen LogP contribution in [0.1, 0.15) is 11.8 Å². The zero-order valence-electron chi connectivity index (χ0n) is 12.4. The molecule has 1 aromatic carbocycles. The Morgan fingerprint density at radius 2 is 2.29 bits per heavy atom. The molecule has 1 amide bonds. The van der Waals surface area contributed by atoms with Crippen LogP contribution in [0.25, 0.3) is 10.1 Å². The summed E-state index contributed by atoms with van der Waals surface area (Å²) in [6, 6.07) is 10.7. The molecule has 2 heterocycles. The number of amides is 1. The second-order valence-electron chi connectivity index (χ2n) is 5.62. The number of nitrogens with zero attached hydrogens (tertiary/aromatic N) is 1. The van der Waals surface area contributed by atoms with Gasteiger partial charge < -0.3 is 10.1 Å². The van der Waals surface area contributed by atoms with Crippen LogP contribution in [-0.4, -0.2) is 43.2 Å². The lowest BCUT2D eigenvalue weighted by atomic mass is 10.0. The van der Waals surface area contributed by atoms with Gasteiger partial charge in [0.05, 0.1) is 6.61 Å². The van der Waals surface area contributed by atoms with E-state index in [0.29, 0.717) is 13.2 Å². The number of hydrogen-bond acceptors (Lipinski definition) is 4. The Bertz CT molecular complexity index is 622. The van der Waals surface area contributed by atoms with Gasteiger partial charge in [0.2, 0.25) is 0 Å². The number of benzene rings is 1. The van der Waals surface area contributed by atoms with E-state index in [1.807, 2.05) is 18.3 Å². The zero-order chi connectivity index (χ0) is 14.9. The van der Waals surface area contributed by atoms with Gasteiger partial charge in [-0.1, -0.05) is 18.2 Å². The summed E-state index contributed by atoms with van der Waals surface area (Å²) in [4.78, 5) is 15.6. The number of hydrogen-bond donors (Lipinski definition) is 1. The molecule has 1 saturated heterocycles. The quantitative estimate of drug-likeness (QED) is 0.945. The monoisotopic (exact) mass is 304 g/mol. The van der Waals surface area contributed by atoms with Crippen molar-refractivity contribution in [1.82, 2.24) is 10.2 Å². The van der Waals surface area contributed by atoms with Gasteiger partial charge in [0.15, 0.2) is 5.60 Å². The van der Waals surface area contributed by atoms with Crippen LogP contribution in [0.5, 0.6) is 0 Å². The number of carbonyl (C=O) groups excluding carboxylic acids is 1. The molecule has 1 aliphatic rings. The summed E-state index contributed by atoms with van der Waals surface area (Å²) < 4.78 is 7.01. The molecule has 21 heavy (non-hydrogen) atoms. The Morgan fingerprint density at radius 1 is 1.48 bits per heavy atom. The lowest BCUT2D eigenvalue weighted by molar-refractivity contribution is -0.156. The summed E-state index contributed by atoms with van der Waals surface area (Å²) in [5.74, 6) is -0.0523. The maximum atomic E-state index is 12.0. The molecule has 1 N–H and O–H groups in total. The lowest BCUT2D eigenvalue weighted by Gasteiger charge is -2.38. The maximum absolute atomic E-state index is 12.0. The van der Waals surface area contributed by atoms with Crippen molar-refractivity contribution in [2.45, 2.75) is 19.1 Å². The first-order valence-corrected chi connectivity index (χ1v) is 7.98. The fraction of sp³-hybridized carbons (Fsp3) is 0.438. The second kappa shape index (κ2) is 5.75. The normalized spacial score (nSPS) is 23.3. The minimum atomic E-state index is -0.746. The van der Waals surface area contributed by atoms with Crippen LogP contribution < -0.4 is 5.32 Å². The molecular formula is C16H20N2O2S. The van der Waals surface area contributed by atoms with Crippen molar-refractivity contribution < 1.29 is 9.53 Å². The standard InChI is InChI=1S/C16H20N2O2S/c1-16(15(19)17-2)11-18(7-8-20-16)10-13-9-12-5-3-4-6-14(12)21-13/h3-6,9H,7-8,10-11H2,1-2H3,(H,17,19)/t16-/m0/s1. The number of likely N-dealkylation sites (N-methyl/N-ethyl adjacent to an activating group) is 1. The van der Waals surface area contributed by atoms with E-state index in [4.69, 9.17) is 4.74 Å². The summed E-state index contributed by atoms with van der Waals surface area (Å²) >= 11 is 1.82. The third-order valence-corrected chi connectivity index (χ3v) is 5.02. The molecule has 1 fully saturated rings. The molecule has 1 aliphatic heterocycles. The van der Waals surface area contributed by atoms with Crippen LogP contribution in [0.3, 0.4) is 0 Å². The molecule has 0 aliphatic carbocycles. The highest BCUT2D eigenvalue weighted by Crippen LogP contribution is 2.27.